The van der Waals surface area contributed by atoms with Crippen molar-refractivity contribution in [3.05, 3.63) is 71.6 Å². The molecule has 1 unspecified atom stereocenters. The van der Waals surface area contributed by atoms with Crippen molar-refractivity contribution in [3.63, 3.8) is 0 Å². The van der Waals surface area contributed by atoms with Crippen molar-refractivity contribution in [2.45, 2.75) is 12.6 Å². The molecule has 0 bridgehead atoms. The van der Waals surface area contributed by atoms with Crippen molar-refractivity contribution in [3.8, 4) is 0 Å². The fourth-order valence-electron chi connectivity index (χ4n) is 2.40. The minimum Gasteiger partial charge on any atom is -0.399 e. The first-order valence-corrected chi connectivity index (χ1v) is 7.07. The summed E-state index contributed by atoms with van der Waals surface area (Å²) in [4.78, 5) is 4.35. The van der Waals surface area contributed by atoms with E-state index in [1.165, 1.54) is 5.56 Å². The van der Waals surface area contributed by atoms with Crippen LogP contribution in [0, 0.1) is 6.92 Å². The quantitative estimate of drug-likeness (QED) is 0.654. The summed E-state index contributed by atoms with van der Waals surface area (Å²) in [6.45, 7) is 2.05. The lowest BCUT2D eigenvalue weighted by molar-refractivity contribution is 0.581. The number of aryl methyl sites for hydroxylation is 1. The van der Waals surface area contributed by atoms with Gasteiger partial charge in [-0.1, -0.05) is 24.3 Å². The summed E-state index contributed by atoms with van der Waals surface area (Å²) in [6, 6.07) is 15.6. The van der Waals surface area contributed by atoms with Crippen molar-refractivity contribution in [2.24, 2.45) is 10.7 Å². The van der Waals surface area contributed by atoms with Crippen LogP contribution in [-0.4, -0.2) is 6.34 Å². The van der Waals surface area contributed by atoms with E-state index >= 15 is 0 Å². The van der Waals surface area contributed by atoms with Crippen LogP contribution < -0.4 is 22.1 Å². The summed E-state index contributed by atoms with van der Waals surface area (Å²) in [5.41, 5.74) is 15.0. The first kappa shape index (κ1) is 14.2. The van der Waals surface area contributed by atoms with E-state index in [0.717, 1.165) is 17.1 Å². The highest BCUT2D eigenvalue weighted by molar-refractivity contribution is 5.65. The Morgan fingerprint density at radius 3 is 2.73 bits per heavy atom. The van der Waals surface area contributed by atoms with Crippen molar-refractivity contribution < 1.29 is 0 Å². The highest BCUT2D eigenvalue weighted by Gasteiger charge is 2.26. The fourth-order valence-corrected chi connectivity index (χ4v) is 2.40. The first-order valence-electron chi connectivity index (χ1n) is 7.07. The summed E-state index contributed by atoms with van der Waals surface area (Å²) in [7, 11) is 0. The first-order chi connectivity index (χ1) is 10.5. The number of hydrogen-bond acceptors (Lipinski definition) is 5. The molecule has 0 spiro atoms. The van der Waals surface area contributed by atoms with Gasteiger partial charge in [0.25, 0.3) is 0 Å². The van der Waals surface area contributed by atoms with Crippen LogP contribution in [0.1, 0.15) is 11.1 Å². The number of benzene rings is 2. The molecule has 5 heteroatoms. The molecular weight excluding hydrogens is 274 g/mol. The lowest BCUT2D eigenvalue weighted by Gasteiger charge is -2.27. The Balaban J connectivity index is 1.89. The van der Waals surface area contributed by atoms with E-state index in [1.54, 1.807) is 6.34 Å². The van der Waals surface area contributed by atoms with Gasteiger partial charge in [0.15, 0.2) is 5.66 Å². The van der Waals surface area contributed by atoms with E-state index in [1.807, 2.05) is 42.5 Å². The van der Waals surface area contributed by atoms with E-state index in [0.29, 0.717) is 5.69 Å². The Bertz CT molecular complexity index is 750. The smallest absolute Gasteiger partial charge is 0.158 e. The van der Waals surface area contributed by atoms with Crippen LogP contribution in [0.15, 0.2) is 65.4 Å². The van der Waals surface area contributed by atoms with Gasteiger partial charge in [0.2, 0.25) is 0 Å². The third-order valence-corrected chi connectivity index (χ3v) is 3.51. The molecular formula is C17H19N5. The Kier molecular flexibility index (Phi) is 3.56. The van der Waals surface area contributed by atoms with Gasteiger partial charge in [-0.25, -0.2) is 4.99 Å². The van der Waals surface area contributed by atoms with Crippen LogP contribution in [0.4, 0.5) is 11.4 Å². The highest BCUT2D eigenvalue weighted by atomic mass is 15.2. The fraction of sp³-hybridized carbons (Fsp3) is 0.118. The van der Waals surface area contributed by atoms with Gasteiger partial charge in [-0.15, -0.1) is 0 Å². The zero-order valence-electron chi connectivity index (χ0n) is 12.4. The summed E-state index contributed by atoms with van der Waals surface area (Å²) in [6.07, 6.45) is 3.45. The number of nitrogen functional groups attached to an aromatic ring is 1. The molecule has 112 valence electrons. The Morgan fingerprint density at radius 2 is 1.95 bits per heavy atom. The van der Waals surface area contributed by atoms with Crippen LogP contribution in [0.3, 0.4) is 0 Å². The van der Waals surface area contributed by atoms with Crippen molar-refractivity contribution >= 4 is 17.7 Å². The van der Waals surface area contributed by atoms with Crippen LogP contribution in [0.2, 0.25) is 0 Å². The maximum absolute atomic E-state index is 6.41. The van der Waals surface area contributed by atoms with Crippen LogP contribution >= 0.6 is 0 Å². The second-order valence-electron chi connectivity index (χ2n) is 5.41. The molecule has 0 aliphatic carbocycles. The monoisotopic (exact) mass is 293 g/mol. The van der Waals surface area contributed by atoms with Gasteiger partial charge >= 0.3 is 0 Å². The average molecular weight is 293 g/mol. The molecule has 1 heterocycles. The van der Waals surface area contributed by atoms with Crippen LogP contribution in [0.5, 0.6) is 0 Å². The van der Waals surface area contributed by atoms with E-state index < -0.39 is 5.66 Å². The lowest BCUT2D eigenvalue weighted by Crippen LogP contribution is -2.39. The molecule has 3 rings (SSSR count). The third kappa shape index (κ3) is 2.94. The van der Waals surface area contributed by atoms with Gasteiger partial charge in [0.05, 0.1) is 6.34 Å². The van der Waals surface area contributed by atoms with Gasteiger partial charge in [0.1, 0.15) is 5.82 Å². The number of nitrogens with two attached hydrogens (primary N) is 2. The van der Waals surface area contributed by atoms with Gasteiger partial charge in [-0.2, -0.15) is 0 Å². The van der Waals surface area contributed by atoms with Gasteiger partial charge < -0.3 is 16.4 Å². The number of nitrogens with zero attached hydrogens (tertiary/aromatic N) is 1. The molecule has 1 aliphatic heterocycles. The molecule has 1 atom stereocenters. The topological polar surface area (TPSA) is 88.5 Å². The number of hydrogen-bond donors (Lipinski definition) is 4. The summed E-state index contributed by atoms with van der Waals surface area (Å²) in [5.74, 6) is 0.783. The largest absolute Gasteiger partial charge is 0.399 e. The van der Waals surface area contributed by atoms with Gasteiger partial charge in [-0.3, -0.25) is 5.73 Å². The Morgan fingerprint density at radius 1 is 1.14 bits per heavy atom. The van der Waals surface area contributed by atoms with Crippen molar-refractivity contribution in [1.29, 1.82) is 0 Å². The van der Waals surface area contributed by atoms with Crippen molar-refractivity contribution in [2.75, 3.05) is 11.1 Å². The molecule has 0 radical (unpaired) electrons. The second kappa shape index (κ2) is 5.54. The predicted molar refractivity (Wildman–Crippen MR) is 91.2 cm³/mol. The van der Waals surface area contributed by atoms with E-state index in [9.17, 15) is 0 Å². The number of rotatable bonds is 3. The zero-order chi connectivity index (χ0) is 15.6. The normalized spacial score (nSPS) is 20.2. The number of aliphatic imine (C=N–C) groups is 1. The van der Waals surface area contributed by atoms with Crippen LogP contribution in [0.25, 0.3) is 0 Å². The molecule has 5 nitrogen and oxygen atoms in total. The number of nitrogens with one attached hydrogen (secondary N) is 2. The maximum atomic E-state index is 6.41. The highest BCUT2D eigenvalue weighted by Crippen LogP contribution is 2.26. The number of anilines is 2. The lowest BCUT2D eigenvalue weighted by atomic mass is 9.99. The molecule has 0 aromatic heterocycles. The molecule has 2 aromatic carbocycles. The molecule has 2 aromatic rings. The Hall–Kier alpha value is -2.79. The van der Waals surface area contributed by atoms with Gasteiger partial charge in [-0.05, 0) is 36.8 Å². The molecule has 6 N–H and O–H groups in total. The van der Waals surface area contributed by atoms with E-state index in [2.05, 4.69) is 34.7 Å². The summed E-state index contributed by atoms with van der Waals surface area (Å²) in [5, 5.41) is 6.38. The minimum absolute atomic E-state index is 0.664. The van der Waals surface area contributed by atoms with E-state index in [-0.39, 0.29) is 0 Å². The molecule has 0 saturated heterocycles. The summed E-state index contributed by atoms with van der Waals surface area (Å²) < 4.78 is 0. The molecule has 22 heavy (non-hydrogen) atoms. The standard InChI is InChI=1S/C17H19N5/c1-12-4-2-7-15(8-12)22-16-10-17(19,21-11-20-16)13-5-3-6-14(18)9-13/h2-11,22H,18-19H2,1H3,(H,20,21). The molecule has 0 fully saturated rings. The van der Waals surface area contributed by atoms with E-state index in [4.69, 9.17) is 11.5 Å². The summed E-state index contributed by atoms with van der Waals surface area (Å²) >= 11 is 0. The molecule has 0 saturated carbocycles. The maximum Gasteiger partial charge on any atom is 0.158 e. The second-order valence-corrected chi connectivity index (χ2v) is 5.41. The van der Waals surface area contributed by atoms with Crippen molar-refractivity contribution in [1.82, 2.24) is 5.32 Å². The molecule has 1 aliphatic rings. The SMILES string of the molecule is Cc1cccc(NC2=CC(N)(c3cccc(N)c3)N=CN2)c1. The molecule has 0 amide bonds. The third-order valence-electron chi connectivity index (χ3n) is 3.51. The van der Waals surface area contributed by atoms with Crippen LogP contribution in [-0.2, 0) is 5.66 Å². The zero-order valence-corrected chi connectivity index (χ0v) is 12.4. The average Bonchev–Trinajstić information content (AvgIpc) is 2.47. The van der Waals surface area contributed by atoms with Gasteiger partial charge in [0, 0.05) is 23.0 Å². The Labute approximate surface area is 129 Å². The minimum atomic E-state index is -0.938. The predicted octanol–water partition coefficient (Wildman–Crippen LogP) is 2.27.